The molecular formula is C43H52N8O7. The van der Waals surface area contributed by atoms with Crippen molar-refractivity contribution in [2.24, 2.45) is 17.8 Å². The van der Waals surface area contributed by atoms with Gasteiger partial charge in [-0.3, -0.25) is 9.59 Å². The molecule has 2 fully saturated rings. The van der Waals surface area contributed by atoms with Crippen molar-refractivity contribution in [3.05, 3.63) is 72.3 Å². The van der Waals surface area contributed by atoms with Crippen LogP contribution in [0.2, 0.25) is 0 Å². The molecule has 58 heavy (non-hydrogen) atoms. The van der Waals surface area contributed by atoms with Gasteiger partial charge in [-0.2, -0.15) is 0 Å². The number of aromatic amines is 2. The topological polar surface area (TPSA) is 195 Å². The molecule has 0 bridgehead atoms. The molecule has 2 aliphatic rings. The maximum absolute atomic E-state index is 13.8. The molecule has 2 aromatic heterocycles. The Balaban J connectivity index is 1.08. The van der Waals surface area contributed by atoms with E-state index in [1.54, 1.807) is 4.90 Å². The number of hydrogen-bond acceptors (Lipinski definition) is 9. The molecule has 6 atom stereocenters. The molecule has 7 rings (SSSR count). The molecule has 3 aromatic carbocycles. The highest BCUT2D eigenvalue weighted by Gasteiger charge is 2.42. The van der Waals surface area contributed by atoms with Gasteiger partial charge in [0.2, 0.25) is 11.8 Å². The zero-order chi connectivity index (χ0) is 41.4. The third-order valence-electron chi connectivity index (χ3n) is 11.3. The lowest BCUT2D eigenvalue weighted by Crippen LogP contribution is -2.51. The first-order valence-electron chi connectivity index (χ1n) is 19.8. The minimum Gasteiger partial charge on any atom is -0.453 e. The number of amides is 4. The van der Waals surface area contributed by atoms with Gasteiger partial charge >= 0.3 is 12.2 Å². The van der Waals surface area contributed by atoms with Gasteiger partial charge in [0.15, 0.2) is 0 Å². The number of hydrogen-bond donors (Lipinski definition) is 5. The summed E-state index contributed by atoms with van der Waals surface area (Å²) < 4.78 is 9.53. The number of ether oxygens (including phenoxy) is 2. The first-order chi connectivity index (χ1) is 27.7. The van der Waals surface area contributed by atoms with E-state index in [-0.39, 0.29) is 42.2 Å². The van der Waals surface area contributed by atoms with E-state index in [4.69, 9.17) is 19.4 Å². The van der Waals surface area contributed by atoms with E-state index in [2.05, 4.69) is 57.9 Å². The maximum Gasteiger partial charge on any atom is 0.407 e. The summed E-state index contributed by atoms with van der Waals surface area (Å²) >= 11 is 0. The van der Waals surface area contributed by atoms with Crippen LogP contribution in [-0.4, -0.2) is 104 Å². The molecule has 2 saturated heterocycles. The van der Waals surface area contributed by atoms with E-state index in [9.17, 15) is 24.3 Å². The number of H-pyrrole nitrogens is 2. The zero-order valence-corrected chi connectivity index (χ0v) is 33.9. The molecule has 0 spiro atoms. The van der Waals surface area contributed by atoms with Crippen molar-refractivity contribution < 1.29 is 33.8 Å². The average Bonchev–Trinajstić information content (AvgIpc) is 4.01. The van der Waals surface area contributed by atoms with Crippen LogP contribution in [0.1, 0.15) is 71.2 Å². The van der Waals surface area contributed by atoms with Crippen LogP contribution in [0.5, 0.6) is 0 Å². The smallest absolute Gasteiger partial charge is 0.407 e. The van der Waals surface area contributed by atoms with Crippen molar-refractivity contribution in [2.45, 2.75) is 77.7 Å². The molecule has 15 nitrogen and oxygen atoms in total. The predicted molar refractivity (Wildman–Crippen MR) is 218 cm³/mol. The largest absolute Gasteiger partial charge is 0.453 e. The predicted octanol–water partition coefficient (Wildman–Crippen LogP) is 6.08. The highest BCUT2D eigenvalue weighted by molar-refractivity contribution is 5.88. The molecular weight excluding hydrogens is 741 g/mol. The normalized spacial score (nSPS) is 20.5. The lowest BCUT2D eigenvalue weighted by atomic mass is 10.00. The van der Waals surface area contributed by atoms with Crippen molar-refractivity contribution in [2.75, 3.05) is 27.3 Å². The van der Waals surface area contributed by atoms with Crippen LogP contribution < -0.4 is 10.6 Å². The summed E-state index contributed by atoms with van der Waals surface area (Å²) in [5.74, 6) is 0.776. The van der Waals surface area contributed by atoms with Crippen LogP contribution in [0, 0.1) is 17.8 Å². The Morgan fingerprint density at radius 1 is 0.672 bits per heavy atom. The molecule has 5 N–H and O–H groups in total. The summed E-state index contributed by atoms with van der Waals surface area (Å²) in [6.45, 7) is 10.3. The Labute approximate surface area is 336 Å². The minimum absolute atomic E-state index is 0.126. The van der Waals surface area contributed by atoms with Crippen LogP contribution in [0.15, 0.2) is 60.7 Å². The third kappa shape index (κ3) is 8.08. The number of carbonyl (C=O) groups excluding carboxylic acids is 4. The summed E-state index contributed by atoms with van der Waals surface area (Å²) in [6, 6.07) is 18.1. The first kappa shape index (κ1) is 40.2. The molecule has 5 aromatic rings. The average molecular weight is 793 g/mol. The second-order valence-electron chi connectivity index (χ2n) is 16.2. The van der Waals surface area contributed by atoms with Gasteiger partial charge in [-0.25, -0.2) is 19.6 Å². The summed E-state index contributed by atoms with van der Waals surface area (Å²) in [7, 11) is 2.54. The number of carbonyl (C=O) groups is 4. The molecule has 306 valence electrons. The van der Waals surface area contributed by atoms with Gasteiger partial charge in [-0.05, 0) is 70.7 Å². The Kier molecular flexibility index (Phi) is 11.4. The summed E-state index contributed by atoms with van der Waals surface area (Å²) in [6.07, 6.45) is -0.973. The van der Waals surface area contributed by atoms with Crippen molar-refractivity contribution >= 4 is 46.1 Å². The summed E-state index contributed by atoms with van der Waals surface area (Å²) in [5.41, 5.74) is 7.22. The number of methoxy groups -OCH3 is 2. The lowest BCUT2D eigenvalue weighted by molar-refractivity contribution is -0.136. The van der Waals surface area contributed by atoms with Gasteiger partial charge in [0.1, 0.15) is 23.7 Å². The van der Waals surface area contributed by atoms with Gasteiger partial charge in [0.05, 0.1) is 54.5 Å². The summed E-state index contributed by atoms with van der Waals surface area (Å²) in [4.78, 5) is 71.5. The molecule has 0 unspecified atom stereocenters. The fourth-order valence-corrected chi connectivity index (χ4v) is 8.21. The number of nitrogens with zero attached hydrogens (tertiary/aromatic N) is 4. The Bertz CT molecular complexity index is 2160. The lowest BCUT2D eigenvalue weighted by Gasteiger charge is -2.30. The van der Waals surface area contributed by atoms with E-state index in [0.29, 0.717) is 18.8 Å². The van der Waals surface area contributed by atoms with Crippen LogP contribution in [0.4, 0.5) is 9.59 Å². The van der Waals surface area contributed by atoms with Crippen molar-refractivity contribution in [1.82, 2.24) is 40.4 Å². The number of imidazole rings is 2. The molecule has 2 aliphatic heterocycles. The van der Waals surface area contributed by atoms with E-state index >= 15 is 0 Å². The number of aliphatic hydroxyl groups excluding tert-OH is 1. The van der Waals surface area contributed by atoms with E-state index in [1.165, 1.54) is 14.2 Å². The number of rotatable bonds is 10. The quantitative estimate of drug-likeness (QED) is 0.111. The molecule has 0 saturated carbocycles. The monoisotopic (exact) mass is 792 g/mol. The number of β-amino-alcohol motifs (C(OH)–C–C–N with tert-alkyl or cyclic N) is 1. The van der Waals surface area contributed by atoms with Crippen LogP contribution in [0.25, 0.3) is 44.3 Å². The van der Waals surface area contributed by atoms with Gasteiger partial charge in [0, 0.05) is 19.5 Å². The Morgan fingerprint density at radius 3 is 1.72 bits per heavy atom. The Morgan fingerprint density at radius 2 is 1.16 bits per heavy atom. The SMILES string of the molecule is COC(=O)N[C@H](C(=O)N1C[C@@H](C)C[C@H]1c1nc2cc(-c3ccc(-c4ccc5nc([C@@H]6C[C@@H](O)CN6C(=O)[C@H](NC(=O)OC)C(C)C)[nH]c5c4)cc3)ccc2[nH]1)C(C)C. The van der Waals surface area contributed by atoms with Gasteiger partial charge in [-0.15, -0.1) is 0 Å². The molecule has 15 heteroatoms. The maximum atomic E-state index is 13.8. The second kappa shape index (κ2) is 16.5. The van der Waals surface area contributed by atoms with Crippen molar-refractivity contribution in [1.29, 1.82) is 0 Å². The molecule has 0 aliphatic carbocycles. The van der Waals surface area contributed by atoms with Crippen LogP contribution in [0.3, 0.4) is 0 Å². The standard InChI is InChI=1S/C43H52N8O7/c1-22(2)36(48-42(55)57-6)40(53)50-20-24(5)16-34(50)38-44-30-14-12-27(17-32(30)46-38)25-8-10-26(11-9-25)28-13-15-31-33(18-28)47-39(45-31)35-19-29(52)21-51(35)41(54)37(23(3)4)49-43(56)58-7/h8-15,17-18,22-24,29,34-37,52H,16,19-21H2,1-7H3,(H,44,46)(H,45,47)(H,48,55)(H,49,56)/t24-,29+,34-,35-,36-,37+/m0/s1. The zero-order valence-electron chi connectivity index (χ0n) is 33.9. The van der Waals surface area contributed by atoms with Gasteiger partial charge in [0.25, 0.3) is 0 Å². The number of benzene rings is 3. The van der Waals surface area contributed by atoms with Crippen molar-refractivity contribution in [3.63, 3.8) is 0 Å². The molecule has 0 radical (unpaired) electrons. The number of likely N-dealkylation sites (tertiary alicyclic amines) is 2. The highest BCUT2D eigenvalue weighted by atomic mass is 16.5. The van der Waals surface area contributed by atoms with E-state index in [1.807, 2.05) is 62.9 Å². The number of alkyl carbamates (subject to hydrolysis) is 2. The number of aliphatic hydroxyl groups is 1. The first-order valence-corrected chi connectivity index (χ1v) is 19.8. The van der Waals surface area contributed by atoms with Crippen molar-refractivity contribution in [3.8, 4) is 22.3 Å². The van der Waals surface area contributed by atoms with Gasteiger partial charge in [-0.1, -0.05) is 71.0 Å². The molecule has 4 heterocycles. The Hall–Kier alpha value is -5.96. The minimum atomic E-state index is -0.816. The number of nitrogens with one attached hydrogen (secondary N) is 4. The third-order valence-corrected chi connectivity index (χ3v) is 11.3. The van der Waals surface area contributed by atoms with E-state index in [0.717, 1.165) is 56.6 Å². The van der Waals surface area contributed by atoms with Crippen LogP contribution in [-0.2, 0) is 19.1 Å². The molecule has 4 amide bonds. The fraction of sp³-hybridized carbons (Fsp3) is 0.442. The fourth-order valence-electron chi connectivity index (χ4n) is 8.21. The number of aromatic nitrogens is 4. The highest BCUT2D eigenvalue weighted by Crippen LogP contribution is 2.37. The summed E-state index contributed by atoms with van der Waals surface area (Å²) in [5, 5.41) is 16.0. The van der Waals surface area contributed by atoms with Crippen LogP contribution >= 0.6 is 0 Å². The van der Waals surface area contributed by atoms with E-state index < -0.39 is 36.4 Å². The second-order valence-corrected chi connectivity index (χ2v) is 16.2. The van der Waals surface area contributed by atoms with Gasteiger partial charge < -0.3 is 45.0 Å². The number of fused-ring (bicyclic) bond motifs is 2.